The number of anilines is 1. The van der Waals surface area contributed by atoms with Crippen LogP contribution >= 0.6 is 0 Å². The van der Waals surface area contributed by atoms with E-state index < -0.39 is 6.04 Å². The quantitative estimate of drug-likeness (QED) is 0.882. The largest absolute Gasteiger partial charge is 0.454 e. The predicted molar refractivity (Wildman–Crippen MR) is 92.7 cm³/mol. The average Bonchev–Trinajstić information content (AvgIpc) is 3.35. The Bertz CT molecular complexity index is 847. The minimum Gasteiger partial charge on any atom is -0.454 e. The third kappa shape index (κ3) is 3.10. The van der Waals surface area contributed by atoms with Crippen molar-refractivity contribution in [2.45, 2.75) is 38.9 Å². The molecular formula is C18H20N4O4. The van der Waals surface area contributed by atoms with Crippen molar-refractivity contribution in [2.24, 2.45) is 0 Å². The Morgan fingerprint density at radius 1 is 1.31 bits per heavy atom. The van der Waals surface area contributed by atoms with Crippen LogP contribution in [0.2, 0.25) is 0 Å². The molecule has 2 aliphatic heterocycles. The van der Waals surface area contributed by atoms with E-state index in [-0.39, 0.29) is 18.6 Å². The summed E-state index contributed by atoms with van der Waals surface area (Å²) in [5.74, 6) is 1.63. The molecule has 1 unspecified atom stereocenters. The molecule has 0 saturated carbocycles. The molecule has 2 aromatic rings. The van der Waals surface area contributed by atoms with Gasteiger partial charge in [-0.05, 0) is 31.0 Å². The van der Waals surface area contributed by atoms with Gasteiger partial charge in [0.25, 0.3) is 0 Å². The lowest BCUT2D eigenvalue weighted by atomic mass is 10.1. The van der Waals surface area contributed by atoms with Gasteiger partial charge in [0, 0.05) is 31.8 Å². The van der Waals surface area contributed by atoms with Crippen LogP contribution in [0.4, 0.5) is 5.82 Å². The first-order valence-electron chi connectivity index (χ1n) is 8.66. The molecule has 1 aromatic carbocycles. The highest BCUT2D eigenvalue weighted by Crippen LogP contribution is 2.33. The third-order valence-electron chi connectivity index (χ3n) is 4.64. The number of nitrogens with zero attached hydrogens (tertiary/aromatic N) is 3. The van der Waals surface area contributed by atoms with Gasteiger partial charge >= 0.3 is 0 Å². The maximum Gasteiger partial charge on any atom is 0.248 e. The number of carbonyl (C=O) groups is 2. The van der Waals surface area contributed by atoms with Crippen LogP contribution in [0.25, 0.3) is 0 Å². The number of benzene rings is 1. The Hall–Kier alpha value is -3.03. The number of aryl methyl sites for hydroxylation is 1. The molecule has 0 radical (unpaired) electrons. The predicted octanol–water partition coefficient (Wildman–Crippen LogP) is 1.76. The highest BCUT2D eigenvalue weighted by Gasteiger charge is 2.36. The molecular weight excluding hydrogens is 336 g/mol. The number of hydrogen-bond acceptors (Lipinski definition) is 5. The fourth-order valence-corrected chi connectivity index (χ4v) is 3.25. The van der Waals surface area contributed by atoms with Crippen LogP contribution in [-0.2, 0) is 22.7 Å². The first-order chi connectivity index (χ1) is 12.6. The lowest BCUT2D eigenvalue weighted by Gasteiger charge is -2.24. The number of carbonyl (C=O) groups excluding carboxylic acids is 2. The van der Waals surface area contributed by atoms with Crippen molar-refractivity contribution in [2.75, 3.05) is 12.1 Å². The molecule has 3 heterocycles. The lowest BCUT2D eigenvalue weighted by molar-refractivity contribution is -0.133. The van der Waals surface area contributed by atoms with Crippen LogP contribution in [0.15, 0.2) is 30.5 Å². The van der Waals surface area contributed by atoms with Gasteiger partial charge in [-0.2, -0.15) is 5.10 Å². The zero-order valence-corrected chi connectivity index (χ0v) is 14.5. The van der Waals surface area contributed by atoms with Crippen molar-refractivity contribution < 1.29 is 19.1 Å². The average molecular weight is 356 g/mol. The molecule has 2 aliphatic rings. The van der Waals surface area contributed by atoms with Crippen molar-refractivity contribution in [1.29, 1.82) is 0 Å². The number of hydrogen-bond donors (Lipinski definition) is 1. The van der Waals surface area contributed by atoms with Crippen LogP contribution in [0.1, 0.15) is 25.3 Å². The standard InChI is InChI=1S/C18H20N4O4/c1-2-21-8-7-16(20-21)19-18(24)13-4-6-17(23)22(13)10-12-3-5-14-15(9-12)26-11-25-14/h3,5,7-9,13H,2,4,6,10-11H2,1H3,(H,19,20,24). The minimum absolute atomic E-state index is 0.0260. The molecule has 1 saturated heterocycles. The Morgan fingerprint density at radius 2 is 2.15 bits per heavy atom. The number of ether oxygens (including phenoxy) is 2. The second-order valence-corrected chi connectivity index (χ2v) is 6.31. The Kier molecular flexibility index (Phi) is 4.24. The second-order valence-electron chi connectivity index (χ2n) is 6.31. The van der Waals surface area contributed by atoms with Gasteiger partial charge in [0.2, 0.25) is 18.6 Å². The highest BCUT2D eigenvalue weighted by atomic mass is 16.7. The zero-order valence-electron chi connectivity index (χ0n) is 14.5. The summed E-state index contributed by atoms with van der Waals surface area (Å²) < 4.78 is 12.4. The van der Waals surface area contributed by atoms with Crippen LogP contribution < -0.4 is 14.8 Å². The SMILES string of the molecule is CCn1ccc(NC(=O)C2CCC(=O)N2Cc2ccc3c(c2)OCO3)n1. The van der Waals surface area contributed by atoms with Gasteiger partial charge < -0.3 is 19.7 Å². The number of nitrogens with one attached hydrogen (secondary N) is 1. The van der Waals surface area contributed by atoms with E-state index in [4.69, 9.17) is 9.47 Å². The van der Waals surface area contributed by atoms with Crippen LogP contribution in [0, 0.1) is 0 Å². The molecule has 8 heteroatoms. The van der Waals surface area contributed by atoms with E-state index in [1.807, 2.05) is 25.1 Å². The monoisotopic (exact) mass is 356 g/mol. The molecule has 8 nitrogen and oxygen atoms in total. The van der Waals surface area contributed by atoms with Crippen LogP contribution in [-0.4, -0.2) is 39.3 Å². The van der Waals surface area contributed by atoms with E-state index in [0.717, 1.165) is 12.1 Å². The van der Waals surface area contributed by atoms with Gasteiger partial charge in [0.05, 0.1) is 0 Å². The summed E-state index contributed by atoms with van der Waals surface area (Å²) in [4.78, 5) is 26.6. The fraction of sp³-hybridized carbons (Fsp3) is 0.389. The fourth-order valence-electron chi connectivity index (χ4n) is 3.25. The first kappa shape index (κ1) is 16.4. The van der Waals surface area contributed by atoms with Gasteiger partial charge in [0.15, 0.2) is 17.3 Å². The summed E-state index contributed by atoms with van der Waals surface area (Å²) in [5, 5.41) is 7.07. The highest BCUT2D eigenvalue weighted by molar-refractivity contribution is 5.98. The first-order valence-corrected chi connectivity index (χ1v) is 8.66. The molecule has 0 aliphatic carbocycles. The summed E-state index contributed by atoms with van der Waals surface area (Å²) in [7, 11) is 0. The smallest absolute Gasteiger partial charge is 0.248 e. The molecule has 1 atom stereocenters. The maximum atomic E-state index is 12.6. The van der Waals surface area contributed by atoms with E-state index >= 15 is 0 Å². The van der Waals surface area contributed by atoms with E-state index in [1.54, 1.807) is 21.8 Å². The van der Waals surface area contributed by atoms with Crippen molar-refractivity contribution in [1.82, 2.24) is 14.7 Å². The summed E-state index contributed by atoms with van der Waals surface area (Å²) in [6.45, 7) is 3.27. The zero-order chi connectivity index (χ0) is 18.1. The van der Waals surface area contributed by atoms with Gasteiger partial charge in [0.1, 0.15) is 6.04 Å². The van der Waals surface area contributed by atoms with E-state index in [1.165, 1.54) is 0 Å². The lowest BCUT2D eigenvalue weighted by Crippen LogP contribution is -2.41. The van der Waals surface area contributed by atoms with E-state index in [2.05, 4.69) is 10.4 Å². The van der Waals surface area contributed by atoms with Gasteiger partial charge in [-0.15, -0.1) is 0 Å². The summed E-state index contributed by atoms with van der Waals surface area (Å²) >= 11 is 0. The molecule has 136 valence electrons. The number of likely N-dealkylation sites (tertiary alicyclic amines) is 1. The molecule has 4 rings (SSSR count). The molecule has 0 spiro atoms. The number of amides is 2. The van der Waals surface area contributed by atoms with Gasteiger partial charge in [-0.1, -0.05) is 6.07 Å². The minimum atomic E-state index is -0.500. The van der Waals surface area contributed by atoms with E-state index in [0.29, 0.717) is 36.7 Å². The third-order valence-corrected chi connectivity index (χ3v) is 4.64. The molecule has 1 N–H and O–H groups in total. The van der Waals surface area contributed by atoms with Crippen molar-refractivity contribution >= 4 is 17.6 Å². The van der Waals surface area contributed by atoms with Crippen molar-refractivity contribution in [3.63, 3.8) is 0 Å². The summed E-state index contributed by atoms with van der Waals surface area (Å²) in [6.07, 6.45) is 2.68. The Balaban J connectivity index is 1.47. The van der Waals surface area contributed by atoms with Crippen LogP contribution in [0.5, 0.6) is 11.5 Å². The van der Waals surface area contributed by atoms with Gasteiger partial charge in [-0.25, -0.2) is 0 Å². The summed E-state index contributed by atoms with van der Waals surface area (Å²) in [5.41, 5.74) is 0.901. The molecule has 2 amide bonds. The van der Waals surface area contributed by atoms with Crippen LogP contribution in [0.3, 0.4) is 0 Å². The molecule has 26 heavy (non-hydrogen) atoms. The Labute approximate surface area is 150 Å². The van der Waals surface area contributed by atoms with Crippen molar-refractivity contribution in [3.8, 4) is 11.5 Å². The molecule has 1 fully saturated rings. The van der Waals surface area contributed by atoms with E-state index in [9.17, 15) is 9.59 Å². The van der Waals surface area contributed by atoms with Crippen molar-refractivity contribution in [3.05, 3.63) is 36.0 Å². The van der Waals surface area contributed by atoms with Gasteiger partial charge in [-0.3, -0.25) is 14.3 Å². The number of rotatable bonds is 5. The maximum absolute atomic E-state index is 12.6. The summed E-state index contributed by atoms with van der Waals surface area (Å²) in [6, 6.07) is 6.81. The number of fused-ring (bicyclic) bond motifs is 1. The molecule has 1 aromatic heterocycles. The molecule has 0 bridgehead atoms. The Morgan fingerprint density at radius 3 is 2.96 bits per heavy atom. The normalized spacial score (nSPS) is 18.4. The topological polar surface area (TPSA) is 85.7 Å². The number of aromatic nitrogens is 2. The second kappa shape index (κ2) is 6.70.